The standard InChI is InChI=1S/C17H29NO3S/c1-3-6-14(4-2)12-22(20,21)13-15-7-5-8-16(11-15)17(19)9-10-18/h5,7-8,11,14,17,19H,3-4,6,9-10,12-13,18H2,1-2H3. The topological polar surface area (TPSA) is 80.4 Å². The van der Waals surface area contributed by atoms with Crippen LogP contribution in [-0.2, 0) is 15.6 Å². The van der Waals surface area contributed by atoms with E-state index in [1.165, 1.54) is 0 Å². The summed E-state index contributed by atoms with van der Waals surface area (Å²) in [5.74, 6) is 0.518. The first kappa shape index (κ1) is 19.1. The van der Waals surface area contributed by atoms with Crippen molar-refractivity contribution in [1.29, 1.82) is 0 Å². The summed E-state index contributed by atoms with van der Waals surface area (Å²) >= 11 is 0. The zero-order valence-corrected chi connectivity index (χ0v) is 14.5. The van der Waals surface area contributed by atoms with Gasteiger partial charge in [-0.15, -0.1) is 0 Å². The first-order valence-electron chi connectivity index (χ1n) is 8.09. The van der Waals surface area contributed by atoms with Crippen molar-refractivity contribution in [2.45, 2.75) is 51.4 Å². The Hall–Kier alpha value is -0.910. The number of rotatable bonds is 10. The van der Waals surface area contributed by atoms with Crippen molar-refractivity contribution in [2.24, 2.45) is 11.7 Å². The fourth-order valence-electron chi connectivity index (χ4n) is 2.70. The Morgan fingerprint density at radius 1 is 1.23 bits per heavy atom. The normalized spacial score (nSPS) is 14.7. The second-order valence-corrected chi connectivity index (χ2v) is 8.06. The van der Waals surface area contributed by atoms with Gasteiger partial charge >= 0.3 is 0 Å². The highest BCUT2D eigenvalue weighted by atomic mass is 32.2. The summed E-state index contributed by atoms with van der Waals surface area (Å²) in [4.78, 5) is 0. The predicted molar refractivity (Wildman–Crippen MR) is 91.3 cm³/mol. The van der Waals surface area contributed by atoms with E-state index in [2.05, 4.69) is 6.92 Å². The van der Waals surface area contributed by atoms with Gasteiger partial charge in [-0.2, -0.15) is 0 Å². The van der Waals surface area contributed by atoms with Gasteiger partial charge in [-0.1, -0.05) is 51.0 Å². The molecule has 0 aliphatic rings. The average Bonchev–Trinajstić information content (AvgIpc) is 2.46. The fourth-order valence-corrected chi connectivity index (χ4v) is 4.63. The summed E-state index contributed by atoms with van der Waals surface area (Å²) in [7, 11) is -3.13. The van der Waals surface area contributed by atoms with Gasteiger partial charge in [0.25, 0.3) is 0 Å². The number of hydrogen-bond donors (Lipinski definition) is 2. The first-order chi connectivity index (χ1) is 10.4. The summed E-state index contributed by atoms with van der Waals surface area (Å²) in [5, 5.41) is 9.97. The van der Waals surface area contributed by atoms with Crippen LogP contribution in [0.1, 0.15) is 56.8 Å². The molecule has 1 aromatic rings. The third-order valence-corrected chi connectivity index (χ3v) is 5.68. The van der Waals surface area contributed by atoms with Crippen LogP contribution in [0.4, 0.5) is 0 Å². The van der Waals surface area contributed by atoms with E-state index in [1.807, 2.05) is 13.0 Å². The molecule has 0 aliphatic heterocycles. The van der Waals surface area contributed by atoms with Crippen LogP contribution in [-0.4, -0.2) is 25.8 Å². The number of sulfone groups is 1. The monoisotopic (exact) mass is 327 g/mol. The molecule has 0 saturated heterocycles. The second kappa shape index (κ2) is 9.28. The SMILES string of the molecule is CCCC(CC)CS(=O)(=O)Cc1cccc(C(O)CCN)c1. The number of aliphatic hydroxyl groups excluding tert-OH is 1. The lowest BCUT2D eigenvalue weighted by atomic mass is 10.0. The van der Waals surface area contributed by atoms with Gasteiger partial charge in [-0.05, 0) is 36.4 Å². The Morgan fingerprint density at radius 2 is 1.95 bits per heavy atom. The van der Waals surface area contributed by atoms with Crippen LogP contribution in [0.25, 0.3) is 0 Å². The van der Waals surface area contributed by atoms with Crippen LogP contribution in [0, 0.1) is 5.92 Å². The van der Waals surface area contributed by atoms with Crippen LogP contribution in [0.2, 0.25) is 0 Å². The van der Waals surface area contributed by atoms with Gasteiger partial charge in [-0.3, -0.25) is 0 Å². The Morgan fingerprint density at radius 3 is 2.55 bits per heavy atom. The van der Waals surface area contributed by atoms with E-state index in [9.17, 15) is 13.5 Å². The number of hydrogen-bond acceptors (Lipinski definition) is 4. The summed E-state index contributed by atoms with van der Waals surface area (Å²) in [5.41, 5.74) is 6.92. The molecular formula is C17H29NO3S. The van der Waals surface area contributed by atoms with Crippen LogP contribution >= 0.6 is 0 Å². The molecule has 3 N–H and O–H groups in total. The molecule has 1 aromatic carbocycles. The average molecular weight is 327 g/mol. The lowest BCUT2D eigenvalue weighted by Gasteiger charge is -2.15. The Balaban J connectivity index is 2.78. The molecule has 5 heteroatoms. The minimum atomic E-state index is -3.13. The molecular weight excluding hydrogens is 298 g/mol. The summed E-state index contributed by atoms with van der Waals surface area (Å²) in [6.07, 6.45) is 2.70. The minimum Gasteiger partial charge on any atom is -0.388 e. The van der Waals surface area contributed by atoms with Gasteiger partial charge in [0.1, 0.15) is 0 Å². The van der Waals surface area contributed by atoms with Crippen molar-refractivity contribution in [3.05, 3.63) is 35.4 Å². The maximum absolute atomic E-state index is 12.4. The molecule has 0 heterocycles. The quantitative estimate of drug-likeness (QED) is 0.692. The van der Waals surface area contributed by atoms with E-state index in [1.54, 1.807) is 18.2 Å². The van der Waals surface area contributed by atoms with Crippen LogP contribution in [0.15, 0.2) is 24.3 Å². The molecule has 4 nitrogen and oxygen atoms in total. The summed E-state index contributed by atoms with van der Waals surface area (Å²) < 4.78 is 24.7. The number of benzene rings is 1. The molecule has 0 fully saturated rings. The molecule has 0 spiro atoms. The van der Waals surface area contributed by atoms with Crippen molar-refractivity contribution in [2.75, 3.05) is 12.3 Å². The van der Waals surface area contributed by atoms with Crippen molar-refractivity contribution in [3.63, 3.8) is 0 Å². The molecule has 2 atom stereocenters. The van der Waals surface area contributed by atoms with Gasteiger partial charge in [0.05, 0.1) is 17.6 Å². The van der Waals surface area contributed by atoms with E-state index >= 15 is 0 Å². The largest absolute Gasteiger partial charge is 0.388 e. The first-order valence-corrected chi connectivity index (χ1v) is 9.91. The number of nitrogens with two attached hydrogens (primary N) is 1. The molecule has 1 rings (SSSR count). The molecule has 2 unspecified atom stereocenters. The molecule has 0 aromatic heterocycles. The summed E-state index contributed by atoms with van der Waals surface area (Å²) in [6.45, 7) is 4.52. The van der Waals surface area contributed by atoms with Gasteiger partial charge in [0.2, 0.25) is 0 Å². The molecule has 0 bridgehead atoms. The van der Waals surface area contributed by atoms with E-state index < -0.39 is 15.9 Å². The maximum atomic E-state index is 12.4. The molecule has 22 heavy (non-hydrogen) atoms. The molecule has 0 aliphatic carbocycles. The van der Waals surface area contributed by atoms with Gasteiger partial charge in [-0.25, -0.2) is 8.42 Å². The highest BCUT2D eigenvalue weighted by Crippen LogP contribution is 2.20. The maximum Gasteiger partial charge on any atom is 0.154 e. The third kappa shape index (κ3) is 6.46. The van der Waals surface area contributed by atoms with Gasteiger partial charge < -0.3 is 10.8 Å². The minimum absolute atomic E-state index is 0.0381. The van der Waals surface area contributed by atoms with E-state index in [4.69, 9.17) is 5.73 Å². The predicted octanol–water partition coefficient (Wildman–Crippen LogP) is 2.81. The van der Waals surface area contributed by atoms with Gasteiger partial charge in [0, 0.05) is 0 Å². The second-order valence-electron chi connectivity index (χ2n) is 5.96. The van der Waals surface area contributed by atoms with E-state index in [0.29, 0.717) is 13.0 Å². The third-order valence-electron chi connectivity index (χ3n) is 3.93. The number of aliphatic hydroxyl groups is 1. The Labute approximate surface area is 134 Å². The molecule has 126 valence electrons. The van der Waals surface area contributed by atoms with E-state index in [0.717, 1.165) is 30.4 Å². The van der Waals surface area contributed by atoms with Gasteiger partial charge in [0.15, 0.2) is 9.84 Å². The lowest BCUT2D eigenvalue weighted by molar-refractivity contribution is 0.170. The van der Waals surface area contributed by atoms with Crippen LogP contribution in [0.3, 0.4) is 0 Å². The van der Waals surface area contributed by atoms with E-state index in [-0.39, 0.29) is 17.4 Å². The molecule has 0 radical (unpaired) electrons. The fraction of sp³-hybridized carbons (Fsp3) is 0.647. The van der Waals surface area contributed by atoms with Crippen molar-refractivity contribution < 1.29 is 13.5 Å². The Bertz CT molecular complexity index is 543. The zero-order chi connectivity index (χ0) is 16.6. The van der Waals surface area contributed by atoms with Crippen molar-refractivity contribution >= 4 is 9.84 Å². The highest BCUT2D eigenvalue weighted by Gasteiger charge is 2.18. The smallest absolute Gasteiger partial charge is 0.154 e. The Kier molecular flexibility index (Phi) is 8.07. The van der Waals surface area contributed by atoms with Crippen molar-refractivity contribution in [1.82, 2.24) is 0 Å². The zero-order valence-electron chi connectivity index (χ0n) is 13.7. The lowest BCUT2D eigenvalue weighted by Crippen LogP contribution is -2.17. The molecule has 0 saturated carbocycles. The summed E-state index contributed by atoms with van der Waals surface area (Å²) in [6, 6.07) is 7.18. The van der Waals surface area contributed by atoms with Crippen LogP contribution in [0.5, 0.6) is 0 Å². The van der Waals surface area contributed by atoms with Crippen molar-refractivity contribution in [3.8, 4) is 0 Å². The highest BCUT2D eigenvalue weighted by molar-refractivity contribution is 7.90. The molecule has 0 amide bonds. The van der Waals surface area contributed by atoms with Crippen LogP contribution < -0.4 is 5.73 Å².